The molecule has 28 heavy (non-hydrogen) atoms. The highest BCUT2D eigenvalue weighted by Crippen LogP contribution is 2.09. The van der Waals surface area contributed by atoms with Crippen LogP contribution in [-0.4, -0.2) is 22.1 Å². The number of hydrogen-bond acceptors (Lipinski definition) is 6. The fourth-order valence-electron chi connectivity index (χ4n) is 2.53. The number of rotatable bonds is 16. The van der Waals surface area contributed by atoms with Crippen LogP contribution in [0.15, 0.2) is 10.3 Å². The van der Waals surface area contributed by atoms with Crippen LogP contribution in [0.2, 0.25) is 0 Å². The highest BCUT2D eigenvalue weighted by atomic mass is 16.4. The number of hydrogen-bond donors (Lipinski definition) is 4. The summed E-state index contributed by atoms with van der Waals surface area (Å²) < 4.78 is 0. The van der Waals surface area contributed by atoms with Crippen molar-refractivity contribution in [2.24, 2.45) is 21.8 Å². The second-order valence-electron chi connectivity index (χ2n) is 6.74. The number of unbranched alkanes of at least 4 members (excludes halogenated alkanes) is 12. The third-order valence-electron chi connectivity index (χ3n) is 4.20. The van der Waals surface area contributed by atoms with Gasteiger partial charge in [-0.2, -0.15) is 10.5 Å². The molecule has 0 amide bonds. The zero-order chi connectivity index (χ0) is 21.3. The van der Waals surface area contributed by atoms with Crippen LogP contribution >= 0.6 is 0 Å². The van der Waals surface area contributed by atoms with Crippen LogP contribution in [0.3, 0.4) is 0 Å². The van der Waals surface area contributed by atoms with Crippen molar-refractivity contribution in [2.45, 2.75) is 103 Å². The van der Waals surface area contributed by atoms with Crippen molar-refractivity contribution < 1.29 is 10.4 Å². The Balaban J connectivity index is 0. The van der Waals surface area contributed by atoms with Crippen LogP contribution in [0, 0.1) is 22.7 Å². The quantitative estimate of drug-likeness (QED) is 0.0968. The molecular weight excluding hydrogens is 356 g/mol. The van der Waals surface area contributed by atoms with Gasteiger partial charge in [0.2, 0.25) is 0 Å². The second-order valence-corrected chi connectivity index (χ2v) is 6.74. The molecule has 0 aromatic heterocycles. The molecule has 0 saturated carbocycles. The number of nitrogens with two attached hydrogens (primary N) is 2. The molecule has 0 aliphatic rings. The Morgan fingerprint density at radius 2 is 0.857 bits per heavy atom. The molecule has 0 atom stereocenters. The summed E-state index contributed by atoms with van der Waals surface area (Å²) in [4.78, 5) is 0. The lowest BCUT2D eigenvalue weighted by atomic mass is 10.1. The lowest BCUT2D eigenvalue weighted by Crippen LogP contribution is -2.11. The first kappa shape index (κ1) is 27.7. The van der Waals surface area contributed by atoms with E-state index >= 15 is 0 Å². The molecule has 0 aliphatic carbocycles. The first-order chi connectivity index (χ1) is 13.6. The van der Waals surface area contributed by atoms with Crippen molar-refractivity contribution in [1.82, 2.24) is 0 Å². The fraction of sp³-hybridized carbons (Fsp3) is 0.800. The van der Waals surface area contributed by atoms with Gasteiger partial charge < -0.3 is 21.9 Å². The fourth-order valence-corrected chi connectivity index (χ4v) is 2.53. The van der Waals surface area contributed by atoms with Crippen LogP contribution in [0.5, 0.6) is 0 Å². The molecule has 0 aliphatic heterocycles. The van der Waals surface area contributed by atoms with Gasteiger partial charge in [0.25, 0.3) is 0 Å². The lowest BCUT2D eigenvalue weighted by Gasteiger charge is -2.01. The summed E-state index contributed by atoms with van der Waals surface area (Å²) in [6.45, 7) is 0. The number of oxime groups is 2. The minimum atomic E-state index is 0.298. The molecule has 160 valence electrons. The minimum Gasteiger partial charge on any atom is -0.409 e. The average Bonchev–Trinajstić information content (AvgIpc) is 2.72. The van der Waals surface area contributed by atoms with Gasteiger partial charge in [-0.15, -0.1) is 0 Å². The second kappa shape index (κ2) is 24.5. The van der Waals surface area contributed by atoms with Crippen LogP contribution in [-0.2, 0) is 0 Å². The number of amidine groups is 2. The van der Waals surface area contributed by atoms with Crippen molar-refractivity contribution in [3.63, 3.8) is 0 Å². The van der Waals surface area contributed by atoms with E-state index in [-0.39, 0.29) is 0 Å². The molecule has 0 fully saturated rings. The first-order valence-electron chi connectivity index (χ1n) is 10.3. The van der Waals surface area contributed by atoms with Gasteiger partial charge in [-0.1, -0.05) is 61.7 Å². The molecule has 0 unspecified atom stereocenters. The van der Waals surface area contributed by atoms with Crippen molar-refractivity contribution in [3.05, 3.63) is 0 Å². The van der Waals surface area contributed by atoms with E-state index in [9.17, 15) is 0 Å². The van der Waals surface area contributed by atoms with E-state index in [2.05, 4.69) is 22.4 Å². The average molecular weight is 395 g/mol. The Labute approximate surface area is 169 Å². The summed E-state index contributed by atoms with van der Waals surface area (Å²) in [6.07, 6.45) is 15.9. The van der Waals surface area contributed by atoms with E-state index in [1.54, 1.807) is 0 Å². The predicted octanol–water partition coefficient (Wildman–Crippen LogP) is 4.75. The van der Waals surface area contributed by atoms with Gasteiger partial charge in [0, 0.05) is 25.7 Å². The van der Waals surface area contributed by atoms with Crippen LogP contribution in [0.4, 0.5) is 0 Å². The third-order valence-corrected chi connectivity index (χ3v) is 4.20. The van der Waals surface area contributed by atoms with Gasteiger partial charge in [-0.3, -0.25) is 0 Å². The zero-order valence-corrected chi connectivity index (χ0v) is 17.2. The Morgan fingerprint density at radius 3 is 1.14 bits per heavy atom. The molecule has 0 saturated heterocycles. The molecule has 0 radical (unpaired) electrons. The van der Waals surface area contributed by atoms with E-state index in [0.29, 0.717) is 37.4 Å². The molecule has 6 N–H and O–H groups in total. The summed E-state index contributed by atoms with van der Waals surface area (Å²) in [5.41, 5.74) is 10.7. The molecule has 0 heterocycles. The van der Waals surface area contributed by atoms with Crippen molar-refractivity contribution in [1.29, 1.82) is 10.5 Å². The Morgan fingerprint density at radius 1 is 0.571 bits per heavy atom. The Kier molecular flexibility index (Phi) is 24.3. The maximum atomic E-state index is 8.30. The first-order valence-corrected chi connectivity index (χ1v) is 10.3. The maximum absolute atomic E-state index is 8.30. The van der Waals surface area contributed by atoms with Crippen LogP contribution < -0.4 is 11.5 Å². The predicted molar refractivity (Wildman–Crippen MR) is 112 cm³/mol. The van der Waals surface area contributed by atoms with E-state index in [4.69, 9.17) is 32.4 Å². The van der Waals surface area contributed by atoms with Gasteiger partial charge in [0.05, 0.1) is 12.1 Å². The summed E-state index contributed by atoms with van der Waals surface area (Å²) in [6, 6.07) is 4.27. The minimum absolute atomic E-state index is 0.298. The SMILES string of the molecule is N#CCCCCCCCCC#N.N/C(CCCCCCCC/C(N)=N\O)=N\O. The number of nitrogens with zero attached hydrogens (tertiary/aromatic N) is 4. The van der Waals surface area contributed by atoms with Crippen molar-refractivity contribution >= 4 is 11.7 Å². The highest BCUT2D eigenvalue weighted by molar-refractivity contribution is 5.79. The summed E-state index contributed by atoms with van der Waals surface area (Å²) in [5, 5.41) is 38.9. The molecule has 0 bridgehead atoms. The normalized spacial score (nSPS) is 11.2. The Hall–Kier alpha value is -2.48. The van der Waals surface area contributed by atoms with Gasteiger partial charge in [0.1, 0.15) is 11.7 Å². The van der Waals surface area contributed by atoms with Crippen molar-refractivity contribution in [3.8, 4) is 12.1 Å². The molecule has 0 spiro atoms. The smallest absolute Gasteiger partial charge is 0.139 e. The van der Waals surface area contributed by atoms with E-state index in [1.165, 1.54) is 25.7 Å². The summed E-state index contributed by atoms with van der Waals surface area (Å²) in [7, 11) is 0. The Bertz CT molecular complexity index is 436. The van der Waals surface area contributed by atoms with E-state index in [0.717, 1.165) is 51.4 Å². The largest absolute Gasteiger partial charge is 0.409 e. The molecular formula is C20H38N6O2. The van der Waals surface area contributed by atoms with Crippen LogP contribution in [0.1, 0.15) is 103 Å². The third kappa shape index (κ3) is 25.8. The lowest BCUT2D eigenvalue weighted by molar-refractivity contribution is 0.316. The summed E-state index contributed by atoms with van der Waals surface area (Å²) >= 11 is 0. The standard InChI is InChI=1S/C10H22N4O2.C10H16N2/c11-9(13-15)7-5-3-1-2-4-6-8-10(12)14-16;11-9-7-5-3-1-2-4-6-8-10-12/h15-16H,1-8H2,(H2,11,13)(H2,12,14);1-8H2. The van der Waals surface area contributed by atoms with Gasteiger partial charge in [-0.05, 0) is 25.7 Å². The van der Waals surface area contributed by atoms with Gasteiger partial charge >= 0.3 is 0 Å². The highest BCUT2D eigenvalue weighted by Gasteiger charge is 1.96. The monoisotopic (exact) mass is 394 g/mol. The summed E-state index contributed by atoms with van der Waals surface area (Å²) in [5.74, 6) is 0.596. The van der Waals surface area contributed by atoms with Crippen molar-refractivity contribution in [2.75, 3.05) is 0 Å². The molecule has 0 rings (SSSR count). The molecule has 8 nitrogen and oxygen atoms in total. The number of nitriles is 2. The van der Waals surface area contributed by atoms with Gasteiger partial charge in [0.15, 0.2) is 0 Å². The van der Waals surface area contributed by atoms with Gasteiger partial charge in [-0.25, -0.2) is 0 Å². The molecule has 0 aromatic carbocycles. The zero-order valence-electron chi connectivity index (χ0n) is 17.2. The van der Waals surface area contributed by atoms with E-state index in [1.807, 2.05) is 0 Å². The van der Waals surface area contributed by atoms with E-state index < -0.39 is 0 Å². The molecule has 0 aromatic rings. The van der Waals surface area contributed by atoms with Crippen LogP contribution in [0.25, 0.3) is 0 Å². The maximum Gasteiger partial charge on any atom is 0.139 e. The topological polar surface area (TPSA) is 165 Å². The molecule has 8 heteroatoms.